The average Bonchev–Trinajstić information content (AvgIpc) is 2.03. The highest BCUT2D eigenvalue weighted by Crippen LogP contribution is 2.05. The summed E-state index contributed by atoms with van der Waals surface area (Å²) in [7, 11) is 10.2. The molecule has 0 aliphatic rings. The Morgan fingerprint density at radius 3 is 2.45 bits per heavy atom. The number of hydrogen-bond donors (Lipinski definition) is 0. The molecule has 1 unspecified atom stereocenters. The fourth-order valence-electron chi connectivity index (χ4n) is 1.63. The molecule has 0 saturated carbocycles. The standard InChI is InChI=1S/C4H17B7/c1-3-4(2)7-11(9-6)10-8-5/h4,7-10H,3,5-6H2,1-2H3. The Balaban J connectivity index is 3.49. The zero-order valence-corrected chi connectivity index (χ0v) is 8.69. The van der Waals surface area contributed by atoms with Gasteiger partial charge in [0.05, 0.1) is 22.6 Å². The van der Waals surface area contributed by atoms with Crippen LogP contribution in [0.4, 0.5) is 0 Å². The van der Waals surface area contributed by atoms with Crippen molar-refractivity contribution in [3.8, 4) is 0 Å². The molecular formula is C4H17B7. The van der Waals surface area contributed by atoms with Crippen LogP contribution in [0.2, 0.25) is 5.82 Å². The van der Waals surface area contributed by atoms with Gasteiger partial charge in [0.25, 0.3) is 0 Å². The molecule has 0 fully saturated rings. The molecule has 0 nitrogen and oxygen atoms in total. The Hall–Kier alpha value is 0.455. The van der Waals surface area contributed by atoms with Crippen molar-refractivity contribution < 1.29 is 0 Å². The number of rotatable bonds is 6. The van der Waals surface area contributed by atoms with Crippen LogP contribution in [0.15, 0.2) is 0 Å². The molecule has 7 heteroatoms. The first kappa shape index (κ1) is 11.5. The Morgan fingerprint density at radius 2 is 2.09 bits per heavy atom. The second-order valence-electron chi connectivity index (χ2n) is 3.81. The van der Waals surface area contributed by atoms with Crippen molar-refractivity contribution in [3.05, 3.63) is 0 Å². The van der Waals surface area contributed by atoms with Crippen LogP contribution in [-0.4, -0.2) is 50.2 Å². The maximum atomic E-state index is 2.37. The smallest absolute Gasteiger partial charge is 0.0766 e. The van der Waals surface area contributed by atoms with Gasteiger partial charge >= 0.3 is 0 Å². The van der Waals surface area contributed by atoms with Crippen LogP contribution in [0.1, 0.15) is 20.3 Å². The lowest BCUT2D eigenvalue weighted by Gasteiger charge is -2.12. The zero-order chi connectivity index (χ0) is 8.69. The van der Waals surface area contributed by atoms with E-state index in [1.807, 2.05) is 0 Å². The molecule has 54 valence electrons. The van der Waals surface area contributed by atoms with Gasteiger partial charge in [0.15, 0.2) is 0 Å². The lowest BCUT2D eigenvalue weighted by atomic mass is 8.80. The van der Waals surface area contributed by atoms with Gasteiger partial charge in [-0.05, 0) is 0 Å². The first-order chi connectivity index (χ1) is 5.24. The number of hydrogen-bond acceptors (Lipinski definition) is 0. The van der Waals surface area contributed by atoms with E-state index < -0.39 is 0 Å². The van der Waals surface area contributed by atoms with E-state index in [9.17, 15) is 0 Å². The molecule has 1 atom stereocenters. The summed E-state index contributed by atoms with van der Waals surface area (Å²) in [6.07, 6.45) is 2.34. The highest BCUT2D eigenvalue weighted by Gasteiger charge is 2.14. The van der Waals surface area contributed by atoms with Crippen LogP contribution in [-0.2, 0) is 0 Å². The summed E-state index contributed by atoms with van der Waals surface area (Å²) < 4.78 is 0. The Bertz CT molecular complexity index is 86.5. The predicted octanol–water partition coefficient (Wildman–Crippen LogP) is -3.05. The molecule has 0 radical (unpaired) electrons. The minimum absolute atomic E-state index is 0.937. The maximum absolute atomic E-state index is 2.37. The third kappa shape index (κ3) is 5.70. The molecule has 0 aromatic rings. The summed E-state index contributed by atoms with van der Waals surface area (Å²) >= 11 is 0. The third-order valence-corrected chi connectivity index (χ3v) is 2.71. The van der Waals surface area contributed by atoms with E-state index in [1.54, 1.807) is 0 Å². The molecule has 11 heavy (non-hydrogen) atoms. The molecule has 0 aromatic carbocycles. The summed E-state index contributed by atoms with van der Waals surface area (Å²) in [6.45, 7) is 4.67. The lowest BCUT2D eigenvalue weighted by Crippen LogP contribution is -2.42. The first-order valence-corrected chi connectivity index (χ1v) is 5.24. The van der Waals surface area contributed by atoms with Crippen molar-refractivity contribution in [2.24, 2.45) is 0 Å². The Morgan fingerprint density at radius 1 is 1.45 bits per heavy atom. The van der Waals surface area contributed by atoms with Crippen molar-refractivity contribution in [1.82, 2.24) is 0 Å². The van der Waals surface area contributed by atoms with Gasteiger partial charge in [-0.3, -0.25) is 0 Å². The predicted molar refractivity (Wildman–Crippen MR) is 71.2 cm³/mol. The van der Waals surface area contributed by atoms with Gasteiger partial charge in [-0.1, -0.05) is 26.1 Å². The van der Waals surface area contributed by atoms with Crippen LogP contribution < -0.4 is 0 Å². The van der Waals surface area contributed by atoms with E-state index in [2.05, 4.69) is 29.3 Å². The van der Waals surface area contributed by atoms with Gasteiger partial charge in [0, 0.05) is 27.6 Å². The van der Waals surface area contributed by atoms with Crippen LogP contribution in [0, 0.1) is 0 Å². The molecule has 0 N–H and O–H groups in total. The molecule has 0 rings (SSSR count). The van der Waals surface area contributed by atoms with Gasteiger partial charge < -0.3 is 0 Å². The molecule has 0 aromatic heterocycles. The van der Waals surface area contributed by atoms with Gasteiger partial charge in [-0.2, -0.15) is 0 Å². The minimum Gasteiger partial charge on any atom is -0.0775 e. The highest BCUT2D eigenvalue weighted by molar-refractivity contribution is 7.75. The first-order valence-electron chi connectivity index (χ1n) is 5.24. The normalized spacial score (nSPS) is 11.5. The Kier molecular flexibility index (Phi) is 7.42. The fourth-order valence-corrected chi connectivity index (χ4v) is 1.63. The highest BCUT2D eigenvalue weighted by atomic mass is 13.8. The molecule has 0 bridgehead atoms. The topological polar surface area (TPSA) is 0 Å². The van der Waals surface area contributed by atoms with Crippen LogP contribution in [0.5, 0.6) is 0 Å². The van der Waals surface area contributed by atoms with Gasteiger partial charge in [-0.15, -0.1) is 0 Å². The lowest BCUT2D eigenvalue weighted by molar-refractivity contribution is 0.877. The van der Waals surface area contributed by atoms with Crippen molar-refractivity contribution in [1.29, 1.82) is 0 Å². The van der Waals surface area contributed by atoms with E-state index in [0.29, 0.717) is 0 Å². The average molecular weight is 141 g/mol. The van der Waals surface area contributed by atoms with Crippen LogP contribution >= 0.6 is 0 Å². The molecule has 0 aliphatic heterocycles. The second-order valence-corrected chi connectivity index (χ2v) is 3.81. The van der Waals surface area contributed by atoms with Crippen LogP contribution in [0.3, 0.4) is 0 Å². The van der Waals surface area contributed by atoms with E-state index in [-0.39, 0.29) is 0 Å². The minimum atomic E-state index is 0.937. The van der Waals surface area contributed by atoms with Crippen molar-refractivity contribution in [2.45, 2.75) is 26.1 Å². The van der Waals surface area contributed by atoms with E-state index in [0.717, 1.165) is 12.2 Å². The zero-order valence-electron chi connectivity index (χ0n) is 8.69. The van der Waals surface area contributed by atoms with E-state index >= 15 is 0 Å². The third-order valence-electron chi connectivity index (χ3n) is 2.71. The van der Waals surface area contributed by atoms with Gasteiger partial charge in [0.1, 0.15) is 0 Å². The SMILES string of the molecule is BBBB(BB)BC(C)CC. The van der Waals surface area contributed by atoms with E-state index in [1.165, 1.54) is 34.8 Å². The molecule has 0 aliphatic carbocycles. The molecule has 0 spiro atoms. The second kappa shape index (κ2) is 7.12. The molecule has 0 heterocycles. The van der Waals surface area contributed by atoms with Gasteiger partial charge in [0.2, 0.25) is 0 Å². The molecule has 0 amide bonds. The van der Waals surface area contributed by atoms with Crippen molar-refractivity contribution in [2.75, 3.05) is 0 Å². The monoisotopic (exact) mass is 142 g/mol. The largest absolute Gasteiger partial charge is 0.0775 e. The maximum Gasteiger partial charge on any atom is 0.0766 e. The van der Waals surface area contributed by atoms with Gasteiger partial charge in [-0.25, -0.2) is 0 Å². The summed E-state index contributed by atoms with van der Waals surface area (Å²) in [5.41, 5.74) is 0. The van der Waals surface area contributed by atoms with Crippen molar-refractivity contribution >= 4 is 50.2 Å². The quantitative estimate of drug-likeness (QED) is 0.344. The molecular weight excluding hydrogens is 124 g/mol. The summed E-state index contributed by atoms with van der Waals surface area (Å²) in [6, 6.07) is 0. The Labute approximate surface area is 76.8 Å². The van der Waals surface area contributed by atoms with Crippen molar-refractivity contribution in [3.63, 3.8) is 0 Å². The summed E-state index contributed by atoms with van der Waals surface area (Å²) in [5, 5.41) is 0. The summed E-state index contributed by atoms with van der Waals surface area (Å²) in [5.74, 6) is 0.937. The fraction of sp³-hybridized carbons (Fsp3) is 1.00. The van der Waals surface area contributed by atoms with Crippen LogP contribution in [0.25, 0.3) is 0 Å². The van der Waals surface area contributed by atoms with E-state index in [4.69, 9.17) is 0 Å². The summed E-state index contributed by atoms with van der Waals surface area (Å²) in [4.78, 5) is 0. The molecule has 0 saturated heterocycles.